The van der Waals surface area contributed by atoms with Crippen molar-refractivity contribution in [1.29, 1.82) is 0 Å². The minimum absolute atomic E-state index is 0. The Hall–Kier alpha value is -0.320. The van der Waals surface area contributed by atoms with E-state index in [0.29, 0.717) is 13.0 Å². The minimum Gasteiger partial charge on any atom is -0.378 e. The number of nitrogens with zero attached hydrogens (tertiary/aromatic N) is 1. The zero-order valence-electron chi connectivity index (χ0n) is 12.5. The van der Waals surface area contributed by atoms with Crippen LogP contribution in [0.3, 0.4) is 0 Å². The topological polar surface area (TPSA) is 41.6 Å². The predicted molar refractivity (Wildman–Crippen MR) is 80.8 cm³/mol. The fourth-order valence-electron chi connectivity index (χ4n) is 2.28. The lowest BCUT2D eigenvalue weighted by Gasteiger charge is -2.32. The molecule has 1 fully saturated rings. The lowest BCUT2D eigenvalue weighted by atomic mass is 9.96. The van der Waals surface area contributed by atoms with E-state index in [1.807, 2.05) is 18.7 Å². The van der Waals surface area contributed by atoms with Crippen molar-refractivity contribution >= 4 is 18.3 Å². The van der Waals surface area contributed by atoms with Gasteiger partial charge in [0.25, 0.3) is 0 Å². The monoisotopic (exact) mass is 292 g/mol. The van der Waals surface area contributed by atoms with Gasteiger partial charge in [-0.2, -0.15) is 0 Å². The van der Waals surface area contributed by atoms with Gasteiger partial charge in [-0.3, -0.25) is 4.79 Å². The maximum absolute atomic E-state index is 11.9. The zero-order chi connectivity index (χ0) is 13.4. The molecule has 1 aliphatic heterocycles. The summed E-state index contributed by atoms with van der Waals surface area (Å²) in [6, 6.07) is 0. The first-order chi connectivity index (χ1) is 8.63. The van der Waals surface area contributed by atoms with E-state index in [1.54, 1.807) is 0 Å². The Kier molecular flexibility index (Phi) is 10.3. The molecule has 114 valence electrons. The lowest BCUT2D eigenvalue weighted by Crippen LogP contribution is -2.41. The van der Waals surface area contributed by atoms with Gasteiger partial charge in [-0.1, -0.05) is 6.92 Å². The summed E-state index contributed by atoms with van der Waals surface area (Å²) < 4.78 is 5.42. The van der Waals surface area contributed by atoms with Crippen LogP contribution in [-0.4, -0.2) is 49.7 Å². The van der Waals surface area contributed by atoms with Crippen molar-refractivity contribution in [2.75, 3.05) is 32.8 Å². The minimum atomic E-state index is 0. The molecule has 1 rings (SSSR count). The lowest BCUT2D eigenvalue weighted by molar-refractivity contribution is -0.134. The third-order valence-corrected chi connectivity index (χ3v) is 3.42. The Labute approximate surface area is 123 Å². The summed E-state index contributed by atoms with van der Waals surface area (Å²) >= 11 is 0. The van der Waals surface area contributed by atoms with E-state index in [2.05, 4.69) is 12.2 Å². The molecular weight excluding hydrogens is 264 g/mol. The van der Waals surface area contributed by atoms with Crippen molar-refractivity contribution in [3.05, 3.63) is 0 Å². The van der Waals surface area contributed by atoms with Crippen molar-refractivity contribution in [2.24, 2.45) is 5.92 Å². The second kappa shape index (κ2) is 10.5. The van der Waals surface area contributed by atoms with Gasteiger partial charge in [-0.05, 0) is 45.7 Å². The van der Waals surface area contributed by atoms with Gasteiger partial charge in [0, 0.05) is 13.1 Å². The second-order valence-electron chi connectivity index (χ2n) is 5.30. The highest BCUT2D eigenvalue weighted by Crippen LogP contribution is 2.17. The molecule has 1 N–H and O–H groups in total. The van der Waals surface area contributed by atoms with E-state index in [9.17, 15) is 4.79 Å². The van der Waals surface area contributed by atoms with Crippen LogP contribution in [0.1, 0.15) is 40.0 Å². The number of carbonyl (C=O) groups excluding carboxylic acids is 1. The van der Waals surface area contributed by atoms with E-state index < -0.39 is 0 Å². The van der Waals surface area contributed by atoms with E-state index in [-0.39, 0.29) is 24.4 Å². The van der Waals surface area contributed by atoms with Crippen LogP contribution < -0.4 is 5.32 Å². The number of piperidine rings is 1. The molecule has 0 aromatic rings. The fourth-order valence-corrected chi connectivity index (χ4v) is 2.28. The number of ether oxygens (including phenoxy) is 1. The number of likely N-dealkylation sites (tertiary alicyclic amines) is 1. The van der Waals surface area contributed by atoms with Crippen LogP contribution in [0.4, 0.5) is 0 Å². The van der Waals surface area contributed by atoms with Gasteiger partial charge < -0.3 is 15.0 Å². The van der Waals surface area contributed by atoms with E-state index >= 15 is 0 Å². The molecule has 0 aromatic carbocycles. The van der Waals surface area contributed by atoms with Crippen LogP contribution >= 0.6 is 12.4 Å². The molecule has 0 radical (unpaired) electrons. The summed E-state index contributed by atoms with van der Waals surface area (Å²) in [5.74, 6) is 0.985. The van der Waals surface area contributed by atoms with Crippen molar-refractivity contribution in [3.63, 3.8) is 0 Å². The highest BCUT2D eigenvalue weighted by atomic mass is 35.5. The molecule has 19 heavy (non-hydrogen) atoms. The van der Waals surface area contributed by atoms with E-state index in [0.717, 1.165) is 44.9 Å². The number of hydrogen-bond acceptors (Lipinski definition) is 3. The Bertz CT molecular complexity index is 242. The molecule has 4 nitrogen and oxygen atoms in total. The molecule has 0 bridgehead atoms. The van der Waals surface area contributed by atoms with Gasteiger partial charge in [-0.25, -0.2) is 0 Å². The van der Waals surface area contributed by atoms with Gasteiger partial charge >= 0.3 is 0 Å². The molecule has 0 aliphatic carbocycles. The molecule has 0 unspecified atom stereocenters. The number of amides is 1. The van der Waals surface area contributed by atoms with Gasteiger partial charge in [-0.15, -0.1) is 12.4 Å². The van der Waals surface area contributed by atoms with Crippen LogP contribution in [0.5, 0.6) is 0 Å². The van der Waals surface area contributed by atoms with E-state index in [1.165, 1.54) is 0 Å². The summed E-state index contributed by atoms with van der Waals surface area (Å²) in [5.41, 5.74) is 0. The third kappa shape index (κ3) is 7.75. The van der Waals surface area contributed by atoms with Crippen molar-refractivity contribution in [1.82, 2.24) is 10.2 Å². The number of hydrogen-bond donors (Lipinski definition) is 1. The Morgan fingerprint density at radius 2 is 2.00 bits per heavy atom. The highest BCUT2D eigenvalue weighted by Gasteiger charge is 2.22. The number of nitrogens with one attached hydrogen (secondary N) is 1. The Balaban J connectivity index is 0.00000324. The molecule has 5 heteroatoms. The molecular formula is C14H29ClN2O2. The summed E-state index contributed by atoms with van der Waals surface area (Å²) in [4.78, 5) is 13.9. The second-order valence-corrected chi connectivity index (χ2v) is 5.30. The predicted octanol–water partition coefficient (Wildman–Crippen LogP) is 2.07. The van der Waals surface area contributed by atoms with Crippen LogP contribution in [-0.2, 0) is 9.53 Å². The zero-order valence-corrected chi connectivity index (χ0v) is 13.3. The van der Waals surface area contributed by atoms with Gasteiger partial charge in [0.05, 0.1) is 19.1 Å². The molecule has 0 atom stereocenters. The van der Waals surface area contributed by atoms with E-state index in [4.69, 9.17) is 4.74 Å². The van der Waals surface area contributed by atoms with Crippen LogP contribution in [0.15, 0.2) is 0 Å². The highest BCUT2D eigenvalue weighted by molar-refractivity contribution is 5.85. The van der Waals surface area contributed by atoms with Crippen molar-refractivity contribution in [3.8, 4) is 0 Å². The normalized spacial score (nSPS) is 16.5. The van der Waals surface area contributed by atoms with Crippen LogP contribution in [0, 0.1) is 5.92 Å². The first-order valence-corrected chi connectivity index (χ1v) is 7.23. The summed E-state index contributed by atoms with van der Waals surface area (Å²) in [5, 5.41) is 3.39. The molecule has 0 spiro atoms. The van der Waals surface area contributed by atoms with Gasteiger partial charge in [0.15, 0.2) is 0 Å². The molecule has 0 saturated carbocycles. The number of carbonyl (C=O) groups is 1. The Morgan fingerprint density at radius 3 is 2.53 bits per heavy atom. The fraction of sp³-hybridized carbons (Fsp3) is 0.929. The molecule has 1 heterocycles. The molecule has 1 saturated heterocycles. The first-order valence-electron chi connectivity index (χ1n) is 7.23. The smallest absolute Gasteiger partial charge is 0.224 e. The largest absolute Gasteiger partial charge is 0.378 e. The van der Waals surface area contributed by atoms with Gasteiger partial charge in [0.1, 0.15) is 0 Å². The average Bonchev–Trinajstić information content (AvgIpc) is 2.36. The maximum Gasteiger partial charge on any atom is 0.224 e. The molecule has 1 amide bonds. The molecule has 0 aromatic heterocycles. The number of rotatable bonds is 7. The van der Waals surface area contributed by atoms with Crippen molar-refractivity contribution < 1.29 is 9.53 Å². The SMILES string of the molecule is CCNCC1CCN(C(=O)CCOC(C)C)CC1.Cl. The third-order valence-electron chi connectivity index (χ3n) is 3.42. The van der Waals surface area contributed by atoms with Crippen LogP contribution in [0.2, 0.25) is 0 Å². The maximum atomic E-state index is 11.9. The summed E-state index contributed by atoms with van der Waals surface area (Å²) in [6.45, 7) is 10.6. The first kappa shape index (κ1) is 18.7. The number of halogens is 1. The van der Waals surface area contributed by atoms with Crippen LogP contribution in [0.25, 0.3) is 0 Å². The van der Waals surface area contributed by atoms with Gasteiger partial charge in [0.2, 0.25) is 5.91 Å². The summed E-state index contributed by atoms with van der Waals surface area (Å²) in [7, 11) is 0. The standard InChI is InChI=1S/C14H28N2O2.ClH/c1-4-15-11-13-5-8-16(9-6-13)14(17)7-10-18-12(2)3;/h12-13,15H,4-11H2,1-3H3;1H. The van der Waals surface area contributed by atoms with Crippen molar-refractivity contribution in [2.45, 2.75) is 46.1 Å². The summed E-state index contributed by atoms with van der Waals surface area (Å²) in [6.07, 6.45) is 2.99. The average molecular weight is 293 g/mol. The quantitative estimate of drug-likeness (QED) is 0.781. The Morgan fingerprint density at radius 1 is 1.37 bits per heavy atom. The molecule has 1 aliphatic rings.